The summed E-state index contributed by atoms with van der Waals surface area (Å²) < 4.78 is 18.8. The van der Waals surface area contributed by atoms with Crippen LogP contribution in [0.5, 0.6) is 5.75 Å². The van der Waals surface area contributed by atoms with Crippen molar-refractivity contribution in [2.75, 3.05) is 20.2 Å². The Labute approximate surface area is 115 Å². The molecule has 2 N–H and O–H groups in total. The first-order valence-electron chi connectivity index (χ1n) is 6.07. The molecule has 1 aromatic rings. The lowest BCUT2D eigenvalue weighted by molar-refractivity contribution is -0.146. The summed E-state index contributed by atoms with van der Waals surface area (Å²) in [4.78, 5) is 23.9. The lowest BCUT2D eigenvalue weighted by atomic mass is 10.1. The van der Waals surface area contributed by atoms with Gasteiger partial charge in [-0.1, -0.05) is 6.07 Å². The number of nitrogens with one attached hydrogen (secondary N) is 1. The van der Waals surface area contributed by atoms with Crippen LogP contribution in [0.2, 0.25) is 0 Å². The third-order valence-electron chi connectivity index (χ3n) is 3.20. The van der Waals surface area contributed by atoms with Gasteiger partial charge in [0.1, 0.15) is 17.6 Å². The Balaban J connectivity index is 2.17. The number of halogens is 1. The van der Waals surface area contributed by atoms with Crippen LogP contribution in [0.15, 0.2) is 18.2 Å². The minimum Gasteiger partial charge on any atom is -0.497 e. The van der Waals surface area contributed by atoms with Crippen molar-refractivity contribution < 1.29 is 23.8 Å². The molecule has 20 heavy (non-hydrogen) atoms. The number of hydrogen-bond donors (Lipinski definition) is 2. The molecule has 0 aromatic heterocycles. The van der Waals surface area contributed by atoms with E-state index in [1.807, 2.05) is 0 Å². The van der Waals surface area contributed by atoms with Gasteiger partial charge >= 0.3 is 5.97 Å². The van der Waals surface area contributed by atoms with Gasteiger partial charge in [-0.2, -0.15) is 0 Å². The number of carbonyl (C=O) groups is 2. The molecule has 1 heterocycles. The van der Waals surface area contributed by atoms with Crippen molar-refractivity contribution in [3.8, 4) is 5.75 Å². The second kappa shape index (κ2) is 5.87. The zero-order valence-electron chi connectivity index (χ0n) is 10.9. The van der Waals surface area contributed by atoms with Crippen molar-refractivity contribution in [2.24, 2.45) is 0 Å². The van der Waals surface area contributed by atoms with Gasteiger partial charge in [0, 0.05) is 24.7 Å². The maximum atomic E-state index is 13.9. The molecule has 1 aliphatic rings. The largest absolute Gasteiger partial charge is 0.497 e. The van der Waals surface area contributed by atoms with E-state index in [4.69, 9.17) is 9.84 Å². The normalized spacial score (nSPS) is 19.5. The molecular formula is C13H15FN2O4. The third kappa shape index (κ3) is 3.05. The molecule has 1 atom stereocenters. The molecule has 0 spiro atoms. The zero-order chi connectivity index (χ0) is 14.7. The lowest BCUT2D eigenvalue weighted by Gasteiger charge is -2.32. The van der Waals surface area contributed by atoms with Crippen LogP contribution in [-0.2, 0) is 16.1 Å². The molecule has 0 bridgehead atoms. The Hall–Kier alpha value is -2.15. The summed E-state index contributed by atoms with van der Waals surface area (Å²) in [5.41, 5.74) is 0.326. The Kier molecular flexibility index (Phi) is 4.19. The number of benzene rings is 1. The topological polar surface area (TPSA) is 78.9 Å². The van der Waals surface area contributed by atoms with E-state index in [0.29, 0.717) is 11.3 Å². The fraction of sp³-hybridized carbons (Fsp3) is 0.385. The van der Waals surface area contributed by atoms with Gasteiger partial charge in [-0.25, -0.2) is 4.39 Å². The number of methoxy groups -OCH3 is 1. The molecule has 1 unspecified atom stereocenters. The van der Waals surface area contributed by atoms with E-state index in [9.17, 15) is 14.0 Å². The minimum absolute atomic E-state index is 0.0198. The second-order valence-corrected chi connectivity index (χ2v) is 4.52. The van der Waals surface area contributed by atoms with Crippen molar-refractivity contribution in [2.45, 2.75) is 12.6 Å². The molecule has 1 aliphatic heterocycles. The Morgan fingerprint density at radius 2 is 2.35 bits per heavy atom. The highest BCUT2D eigenvalue weighted by Crippen LogP contribution is 2.19. The van der Waals surface area contributed by atoms with Crippen LogP contribution in [0.4, 0.5) is 4.39 Å². The van der Waals surface area contributed by atoms with Gasteiger partial charge < -0.3 is 15.2 Å². The fourth-order valence-electron chi connectivity index (χ4n) is 2.10. The highest BCUT2D eigenvalue weighted by atomic mass is 19.1. The van der Waals surface area contributed by atoms with Crippen molar-refractivity contribution in [3.05, 3.63) is 29.6 Å². The predicted molar refractivity (Wildman–Crippen MR) is 67.8 cm³/mol. The van der Waals surface area contributed by atoms with Gasteiger partial charge in [0.2, 0.25) is 5.91 Å². The number of ether oxygens (including phenoxy) is 1. The number of rotatable bonds is 4. The van der Waals surface area contributed by atoms with Crippen LogP contribution < -0.4 is 10.1 Å². The van der Waals surface area contributed by atoms with Crippen LogP contribution in [0, 0.1) is 5.82 Å². The van der Waals surface area contributed by atoms with E-state index in [1.165, 1.54) is 24.1 Å². The summed E-state index contributed by atoms with van der Waals surface area (Å²) in [7, 11) is 1.43. The summed E-state index contributed by atoms with van der Waals surface area (Å²) in [5, 5.41) is 11.6. The number of piperazine rings is 1. The molecule has 0 aliphatic carbocycles. The summed E-state index contributed by atoms with van der Waals surface area (Å²) in [5.74, 6) is -1.41. The average Bonchev–Trinajstić information content (AvgIpc) is 2.40. The van der Waals surface area contributed by atoms with Crippen LogP contribution in [0.25, 0.3) is 0 Å². The summed E-state index contributed by atoms with van der Waals surface area (Å²) in [6, 6.07) is 3.50. The Morgan fingerprint density at radius 3 is 2.95 bits per heavy atom. The number of nitrogens with zero attached hydrogens (tertiary/aromatic N) is 1. The van der Waals surface area contributed by atoms with Gasteiger partial charge in [-0.3, -0.25) is 14.5 Å². The first kappa shape index (κ1) is 14.3. The van der Waals surface area contributed by atoms with Gasteiger partial charge in [-0.15, -0.1) is 0 Å². The first-order valence-corrected chi connectivity index (χ1v) is 6.07. The molecule has 1 fully saturated rings. The highest BCUT2D eigenvalue weighted by Gasteiger charge is 2.32. The monoisotopic (exact) mass is 282 g/mol. The van der Waals surface area contributed by atoms with Crippen molar-refractivity contribution in [1.82, 2.24) is 10.2 Å². The molecular weight excluding hydrogens is 267 g/mol. The van der Waals surface area contributed by atoms with Crippen molar-refractivity contribution >= 4 is 11.9 Å². The average molecular weight is 282 g/mol. The number of aliphatic carboxylic acids is 1. The first-order chi connectivity index (χ1) is 9.51. The molecule has 2 rings (SSSR count). The van der Waals surface area contributed by atoms with Crippen LogP contribution in [0.1, 0.15) is 5.56 Å². The smallest absolute Gasteiger partial charge is 0.322 e. The number of carboxylic acids is 1. The number of hydrogen-bond acceptors (Lipinski definition) is 4. The maximum absolute atomic E-state index is 13.9. The molecule has 0 radical (unpaired) electrons. The number of amides is 1. The Bertz CT molecular complexity index is 535. The molecule has 1 amide bonds. The lowest BCUT2D eigenvalue weighted by Crippen LogP contribution is -2.57. The summed E-state index contributed by atoms with van der Waals surface area (Å²) in [6.45, 7) is 0.00852. The van der Waals surface area contributed by atoms with E-state index in [1.54, 1.807) is 6.07 Å². The molecule has 6 nitrogen and oxygen atoms in total. The van der Waals surface area contributed by atoms with E-state index in [-0.39, 0.29) is 25.5 Å². The summed E-state index contributed by atoms with van der Waals surface area (Å²) in [6.07, 6.45) is 0. The van der Waals surface area contributed by atoms with Crippen LogP contribution in [-0.4, -0.2) is 48.1 Å². The van der Waals surface area contributed by atoms with Gasteiger partial charge in [0.25, 0.3) is 0 Å². The summed E-state index contributed by atoms with van der Waals surface area (Å²) >= 11 is 0. The zero-order valence-corrected chi connectivity index (χ0v) is 10.9. The van der Waals surface area contributed by atoms with E-state index in [0.717, 1.165) is 0 Å². The standard InChI is InChI=1S/C13H15FN2O4/c1-20-9-3-2-8(10(14)4-9)6-16-7-12(17)15-5-11(16)13(18)19/h2-4,11H,5-7H2,1H3,(H,15,17)(H,18,19). The fourth-order valence-corrected chi connectivity index (χ4v) is 2.10. The van der Waals surface area contributed by atoms with Crippen molar-refractivity contribution in [1.29, 1.82) is 0 Å². The van der Waals surface area contributed by atoms with Crippen LogP contribution in [0.3, 0.4) is 0 Å². The second-order valence-electron chi connectivity index (χ2n) is 4.52. The van der Waals surface area contributed by atoms with Gasteiger partial charge in [0.05, 0.1) is 13.7 Å². The van der Waals surface area contributed by atoms with Crippen molar-refractivity contribution in [3.63, 3.8) is 0 Å². The SMILES string of the molecule is COc1ccc(CN2CC(=O)NCC2C(=O)O)c(F)c1. The molecule has 1 aromatic carbocycles. The molecule has 108 valence electrons. The van der Waals surface area contributed by atoms with E-state index < -0.39 is 17.8 Å². The third-order valence-corrected chi connectivity index (χ3v) is 3.20. The maximum Gasteiger partial charge on any atom is 0.322 e. The minimum atomic E-state index is -1.04. The van der Waals surface area contributed by atoms with Gasteiger partial charge in [0.15, 0.2) is 0 Å². The number of carbonyl (C=O) groups excluding carboxylic acids is 1. The molecule has 1 saturated heterocycles. The molecule has 7 heteroatoms. The van der Waals surface area contributed by atoms with Gasteiger partial charge in [-0.05, 0) is 6.07 Å². The van der Waals surface area contributed by atoms with Crippen LogP contribution >= 0.6 is 0 Å². The highest BCUT2D eigenvalue weighted by molar-refractivity contribution is 5.83. The van der Waals surface area contributed by atoms with E-state index in [2.05, 4.69) is 5.32 Å². The quantitative estimate of drug-likeness (QED) is 0.826. The molecule has 0 saturated carbocycles. The number of carboxylic acid groups (broad SMARTS) is 1. The van der Waals surface area contributed by atoms with E-state index >= 15 is 0 Å². The predicted octanol–water partition coefficient (Wildman–Crippen LogP) is 0.219. The Morgan fingerprint density at radius 1 is 1.60 bits per heavy atom.